The van der Waals surface area contributed by atoms with Gasteiger partial charge in [-0.15, -0.1) is 0 Å². The maximum absolute atomic E-state index is 13.7. The molecular formula is C31H27N3O5. The Labute approximate surface area is 225 Å². The summed E-state index contributed by atoms with van der Waals surface area (Å²) in [6.45, 7) is 4.22. The van der Waals surface area contributed by atoms with Crippen LogP contribution in [0.3, 0.4) is 0 Å². The molecule has 0 radical (unpaired) electrons. The highest BCUT2D eigenvalue weighted by molar-refractivity contribution is 6.55. The third kappa shape index (κ3) is 4.80. The molecule has 0 unspecified atom stereocenters. The number of phenols is 1. The van der Waals surface area contributed by atoms with Crippen LogP contribution in [0, 0.1) is 0 Å². The van der Waals surface area contributed by atoms with Crippen LogP contribution in [0.1, 0.15) is 41.3 Å². The molecule has 196 valence electrons. The van der Waals surface area contributed by atoms with Crippen LogP contribution < -0.4 is 15.1 Å². The quantitative estimate of drug-likeness (QED) is 0.192. The van der Waals surface area contributed by atoms with Crippen LogP contribution >= 0.6 is 0 Å². The van der Waals surface area contributed by atoms with Crippen LogP contribution in [-0.4, -0.2) is 34.9 Å². The highest BCUT2D eigenvalue weighted by atomic mass is 16.5. The number of amides is 1. The zero-order valence-corrected chi connectivity index (χ0v) is 21.7. The number of ether oxygens (including phenoxy) is 1. The summed E-state index contributed by atoms with van der Waals surface area (Å²) in [7, 11) is 1.55. The van der Waals surface area contributed by atoms with E-state index in [0.29, 0.717) is 39.7 Å². The second-order valence-electron chi connectivity index (χ2n) is 9.43. The molecule has 39 heavy (non-hydrogen) atoms. The number of phenolic OH excluding ortho intramolecular Hbond substituents is 1. The number of nitrogens with zero attached hydrogens (tertiary/aromatic N) is 2. The van der Waals surface area contributed by atoms with Gasteiger partial charge >= 0.3 is 5.97 Å². The second kappa shape index (κ2) is 10.3. The fourth-order valence-corrected chi connectivity index (χ4v) is 4.53. The van der Waals surface area contributed by atoms with E-state index in [1.54, 1.807) is 54.5 Å². The number of fused-ring (bicyclic) bond motifs is 1. The van der Waals surface area contributed by atoms with Gasteiger partial charge in [-0.1, -0.05) is 50.2 Å². The Hall–Kier alpha value is -5.11. The average Bonchev–Trinajstić information content (AvgIpc) is 3.22. The van der Waals surface area contributed by atoms with Gasteiger partial charge in [-0.25, -0.2) is 4.79 Å². The number of methoxy groups -OCH3 is 1. The number of aromatic hydroxyl groups is 1. The number of anilines is 3. The third-order valence-corrected chi connectivity index (χ3v) is 6.67. The zero-order chi connectivity index (χ0) is 27.7. The van der Waals surface area contributed by atoms with Gasteiger partial charge < -0.3 is 14.9 Å². The molecule has 8 nitrogen and oxygen atoms in total. The van der Waals surface area contributed by atoms with Gasteiger partial charge in [0, 0.05) is 16.8 Å². The Morgan fingerprint density at radius 2 is 1.69 bits per heavy atom. The smallest absolute Gasteiger partial charge is 0.335 e. The summed E-state index contributed by atoms with van der Waals surface area (Å²) < 4.78 is 5.39. The lowest BCUT2D eigenvalue weighted by Gasteiger charge is -2.18. The first-order valence-corrected chi connectivity index (χ1v) is 12.4. The minimum Gasteiger partial charge on any atom is -0.505 e. The van der Waals surface area contributed by atoms with Crippen molar-refractivity contribution in [2.24, 2.45) is 5.10 Å². The minimum atomic E-state index is -1.06. The number of carboxylic acids is 1. The van der Waals surface area contributed by atoms with E-state index in [1.807, 2.05) is 30.3 Å². The zero-order valence-electron chi connectivity index (χ0n) is 21.7. The lowest BCUT2D eigenvalue weighted by molar-refractivity contribution is -0.111. The average molecular weight is 522 g/mol. The fraction of sp³-hybridized carbons (Fsp3) is 0.129. The van der Waals surface area contributed by atoms with E-state index < -0.39 is 5.97 Å². The molecule has 1 heterocycles. The van der Waals surface area contributed by atoms with Crippen molar-refractivity contribution in [2.45, 2.75) is 19.8 Å². The Morgan fingerprint density at radius 1 is 0.949 bits per heavy atom. The van der Waals surface area contributed by atoms with Crippen molar-refractivity contribution in [2.75, 3.05) is 17.4 Å². The molecule has 3 N–H and O–H groups in total. The molecule has 4 aromatic carbocycles. The van der Waals surface area contributed by atoms with E-state index in [2.05, 4.69) is 24.4 Å². The summed E-state index contributed by atoms with van der Waals surface area (Å²) in [6, 6.07) is 24.5. The van der Waals surface area contributed by atoms with E-state index in [9.17, 15) is 19.8 Å². The SMILES string of the molecule is COc1ccc2c(c1)/C(=N/Nc1cccc(-c3cccc(C(=O)O)c3)c1O)C(=O)N2c1ccc(C(C)C)cc1. The molecule has 0 saturated carbocycles. The summed E-state index contributed by atoms with van der Waals surface area (Å²) in [6.07, 6.45) is 0. The Balaban J connectivity index is 1.52. The lowest BCUT2D eigenvalue weighted by Crippen LogP contribution is -2.26. The topological polar surface area (TPSA) is 111 Å². The third-order valence-electron chi connectivity index (χ3n) is 6.67. The number of aromatic carboxylic acids is 1. The van der Waals surface area contributed by atoms with Gasteiger partial charge in [0.25, 0.3) is 5.91 Å². The van der Waals surface area contributed by atoms with E-state index >= 15 is 0 Å². The minimum absolute atomic E-state index is 0.106. The fourth-order valence-electron chi connectivity index (χ4n) is 4.53. The Morgan fingerprint density at radius 3 is 2.38 bits per heavy atom. The molecule has 5 rings (SSSR count). The van der Waals surface area contributed by atoms with Crippen LogP contribution in [0.25, 0.3) is 11.1 Å². The van der Waals surface area contributed by atoms with Gasteiger partial charge in [0.15, 0.2) is 5.71 Å². The molecule has 1 aliphatic heterocycles. The standard InChI is InChI=1S/C31H27N3O5/c1-18(2)19-10-12-22(13-11-19)34-27-15-14-23(39-3)17-25(27)28(30(34)36)33-32-26-9-5-8-24(29(26)35)20-6-4-7-21(16-20)31(37)38/h4-18,32,35H,1-3H3,(H,37,38)/b33-28-. The number of rotatable bonds is 7. The van der Waals surface area contributed by atoms with Gasteiger partial charge in [-0.3, -0.25) is 15.1 Å². The van der Waals surface area contributed by atoms with Gasteiger partial charge in [0.2, 0.25) is 0 Å². The number of carbonyl (C=O) groups excluding carboxylic acids is 1. The van der Waals surface area contributed by atoms with E-state index in [1.165, 1.54) is 17.7 Å². The van der Waals surface area contributed by atoms with Crippen LogP contribution in [0.5, 0.6) is 11.5 Å². The van der Waals surface area contributed by atoms with Crippen molar-refractivity contribution in [3.63, 3.8) is 0 Å². The maximum atomic E-state index is 13.7. The number of carboxylic acid groups (broad SMARTS) is 1. The summed E-state index contributed by atoms with van der Waals surface area (Å²) in [4.78, 5) is 26.7. The molecule has 0 saturated heterocycles. The van der Waals surface area contributed by atoms with Gasteiger partial charge in [-0.05, 0) is 65.6 Å². The number of hydrogen-bond donors (Lipinski definition) is 3. The number of hydrazone groups is 1. The van der Waals surface area contributed by atoms with Crippen LogP contribution in [0.2, 0.25) is 0 Å². The van der Waals surface area contributed by atoms with Crippen molar-refractivity contribution in [3.8, 4) is 22.6 Å². The molecule has 0 atom stereocenters. The molecule has 1 aliphatic rings. The summed E-state index contributed by atoms with van der Waals surface area (Å²) >= 11 is 0. The second-order valence-corrected chi connectivity index (χ2v) is 9.43. The predicted octanol–water partition coefficient (Wildman–Crippen LogP) is 6.38. The van der Waals surface area contributed by atoms with Crippen molar-refractivity contribution in [1.82, 2.24) is 0 Å². The molecule has 1 amide bonds. The van der Waals surface area contributed by atoms with Crippen molar-refractivity contribution >= 4 is 34.7 Å². The number of para-hydroxylation sites is 1. The number of hydrogen-bond acceptors (Lipinski definition) is 6. The molecule has 0 spiro atoms. The van der Waals surface area contributed by atoms with Crippen molar-refractivity contribution in [3.05, 3.63) is 102 Å². The first-order valence-electron chi connectivity index (χ1n) is 12.4. The molecular weight excluding hydrogens is 494 g/mol. The van der Waals surface area contributed by atoms with E-state index in [0.717, 1.165) is 0 Å². The number of carbonyl (C=O) groups is 2. The summed E-state index contributed by atoms with van der Waals surface area (Å²) in [5.74, 6) is -0.570. The van der Waals surface area contributed by atoms with Crippen molar-refractivity contribution < 1.29 is 24.5 Å². The monoisotopic (exact) mass is 521 g/mol. The van der Waals surface area contributed by atoms with Gasteiger partial charge in [0.05, 0.1) is 24.0 Å². The van der Waals surface area contributed by atoms with Gasteiger partial charge in [-0.2, -0.15) is 5.10 Å². The maximum Gasteiger partial charge on any atom is 0.335 e. The first-order chi connectivity index (χ1) is 18.8. The molecule has 8 heteroatoms. The number of nitrogens with one attached hydrogen (secondary N) is 1. The molecule has 0 fully saturated rings. The van der Waals surface area contributed by atoms with Gasteiger partial charge in [0.1, 0.15) is 11.5 Å². The van der Waals surface area contributed by atoms with Crippen LogP contribution in [0.15, 0.2) is 90.0 Å². The molecule has 0 bridgehead atoms. The highest BCUT2D eigenvalue weighted by Crippen LogP contribution is 2.39. The van der Waals surface area contributed by atoms with E-state index in [4.69, 9.17) is 4.74 Å². The lowest BCUT2D eigenvalue weighted by atomic mass is 10.0. The molecule has 4 aromatic rings. The number of benzene rings is 4. The Bertz CT molecular complexity index is 1610. The molecule has 0 aromatic heterocycles. The van der Waals surface area contributed by atoms with E-state index in [-0.39, 0.29) is 28.6 Å². The van der Waals surface area contributed by atoms with Crippen molar-refractivity contribution in [1.29, 1.82) is 0 Å². The Kier molecular flexibility index (Phi) is 6.77. The summed E-state index contributed by atoms with van der Waals surface area (Å²) in [5.41, 5.74) is 7.46. The van der Waals surface area contributed by atoms with Crippen LogP contribution in [-0.2, 0) is 4.79 Å². The largest absolute Gasteiger partial charge is 0.505 e. The first kappa shape index (κ1) is 25.5. The molecule has 0 aliphatic carbocycles. The highest BCUT2D eigenvalue weighted by Gasteiger charge is 2.36. The summed E-state index contributed by atoms with van der Waals surface area (Å²) in [5, 5.41) is 24.7. The van der Waals surface area contributed by atoms with Crippen LogP contribution in [0.4, 0.5) is 17.1 Å². The predicted molar refractivity (Wildman–Crippen MR) is 151 cm³/mol. The normalized spacial score (nSPS) is 13.6.